The van der Waals surface area contributed by atoms with E-state index in [4.69, 9.17) is 5.73 Å². The monoisotopic (exact) mass is 299 g/mol. The van der Waals surface area contributed by atoms with Gasteiger partial charge in [0.05, 0.1) is 6.42 Å². The van der Waals surface area contributed by atoms with E-state index in [2.05, 4.69) is 15.9 Å². The van der Waals surface area contributed by atoms with E-state index >= 15 is 0 Å². The van der Waals surface area contributed by atoms with Crippen LogP contribution in [-0.4, -0.2) is 12.2 Å². The first-order valence-electron chi connectivity index (χ1n) is 4.54. The van der Waals surface area contributed by atoms with Crippen molar-refractivity contribution < 1.29 is 17.6 Å². The molecule has 0 heterocycles. The van der Waals surface area contributed by atoms with Gasteiger partial charge < -0.3 is 5.73 Å². The average Bonchev–Trinajstić information content (AvgIpc) is 2.06. The molecule has 0 aliphatic rings. The minimum atomic E-state index is -4.31. The summed E-state index contributed by atoms with van der Waals surface area (Å²) >= 11 is 3.06. The number of nitrogens with two attached hydrogens (primary N) is 1. The van der Waals surface area contributed by atoms with Gasteiger partial charge in [-0.2, -0.15) is 13.2 Å². The summed E-state index contributed by atoms with van der Waals surface area (Å²) in [6.07, 6.45) is -5.55. The van der Waals surface area contributed by atoms with Gasteiger partial charge in [0.15, 0.2) is 0 Å². The molecule has 0 bridgehead atoms. The smallest absolute Gasteiger partial charge is 0.327 e. The van der Waals surface area contributed by atoms with E-state index in [0.29, 0.717) is 4.47 Å². The molecule has 0 amide bonds. The molecule has 16 heavy (non-hydrogen) atoms. The molecule has 0 aliphatic heterocycles. The molecular weight excluding hydrogens is 290 g/mol. The molecule has 1 atom stereocenters. The van der Waals surface area contributed by atoms with Gasteiger partial charge in [0.1, 0.15) is 5.82 Å². The van der Waals surface area contributed by atoms with Crippen molar-refractivity contribution in [3.05, 3.63) is 34.1 Å². The number of hydrogen-bond donors (Lipinski definition) is 1. The Bertz CT molecular complexity index is 364. The molecule has 0 radical (unpaired) electrons. The van der Waals surface area contributed by atoms with Gasteiger partial charge in [-0.05, 0) is 24.1 Å². The molecule has 0 saturated heterocycles. The van der Waals surface area contributed by atoms with E-state index in [0.717, 1.165) is 0 Å². The van der Waals surface area contributed by atoms with Gasteiger partial charge in [0, 0.05) is 10.5 Å². The van der Waals surface area contributed by atoms with Crippen molar-refractivity contribution in [1.82, 2.24) is 0 Å². The van der Waals surface area contributed by atoms with Gasteiger partial charge in [-0.3, -0.25) is 0 Å². The summed E-state index contributed by atoms with van der Waals surface area (Å²) in [5.74, 6) is -0.549. The van der Waals surface area contributed by atoms with Gasteiger partial charge in [-0.1, -0.05) is 22.0 Å². The molecule has 6 heteroatoms. The van der Waals surface area contributed by atoms with Gasteiger partial charge in [0.25, 0.3) is 0 Å². The van der Waals surface area contributed by atoms with Crippen molar-refractivity contribution in [2.45, 2.75) is 25.1 Å². The van der Waals surface area contributed by atoms with Crippen LogP contribution in [0.25, 0.3) is 0 Å². The predicted molar refractivity (Wildman–Crippen MR) is 56.5 cm³/mol. The Hall–Kier alpha value is -0.620. The summed E-state index contributed by atoms with van der Waals surface area (Å²) < 4.78 is 49.8. The van der Waals surface area contributed by atoms with Crippen molar-refractivity contribution in [2.75, 3.05) is 0 Å². The fourth-order valence-corrected chi connectivity index (χ4v) is 1.67. The van der Waals surface area contributed by atoms with E-state index < -0.39 is 24.5 Å². The lowest BCUT2D eigenvalue weighted by Crippen LogP contribution is -2.29. The summed E-state index contributed by atoms with van der Waals surface area (Å²) in [4.78, 5) is 0. The van der Waals surface area contributed by atoms with Crippen LogP contribution in [0, 0.1) is 5.82 Å². The van der Waals surface area contributed by atoms with E-state index in [1.165, 1.54) is 12.1 Å². The topological polar surface area (TPSA) is 26.0 Å². The normalized spacial score (nSPS) is 13.9. The first-order valence-corrected chi connectivity index (χ1v) is 5.33. The lowest BCUT2D eigenvalue weighted by molar-refractivity contribution is -0.138. The number of benzene rings is 1. The molecule has 90 valence electrons. The number of halogens is 5. The van der Waals surface area contributed by atoms with Gasteiger partial charge in [-0.15, -0.1) is 0 Å². The molecule has 1 unspecified atom stereocenters. The molecule has 0 fully saturated rings. The maximum Gasteiger partial charge on any atom is 0.390 e. The first kappa shape index (κ1) is 13.4. The van der Waals surface area contributed by atoms with Crippen molar-refractivity contribution in [2.24, 2.45) is 5.73 Å². The largest absolute Gasteiger partial charge is 0.390 e. The molecule has 0 saturated carbocycles. The fraction of sp³-hybridized carbons (Fsp3) is 0.400. The van der Waals surface area contributed by atoms with E-state index in [9.17, 15) is 17.6 Å². The maximum atomic E-state index is 13.3. The lowest BCUT2D eigenvalue weighted by atomic mass is 10.0. The third kappa shape index (κ3) is 4.49. The zero-order valence-electron chi connectivity index (χ0n) is 8.19. The Morgan fingerprint density at radius 3 is 2.44 bits per heavy atom. The summed E-state index contributed by atoms with van der Waals surface area (Å²) in [5.41, 5.74) is 5.49. The van der Waals surface area contributed by atoms with E-state index in [1.54, 1.807) is 6.07 Å². The molecule has 2 N–H and O–H groups in total. The van der Waals surface area contributed by atoms with Crippen LogP contribution < -0.4 is 5.73 Å². The van der Waals surface area contributed by atoms with Crippen LogP contribution in [0.1, 0.15) is 12.0 Å². The number of rotatable bonds is 3. The summed E-state index contributed by atoms with van der Waals surface area (Å²) in [6, 6.07) is 3.08. The lowest BCUT2D eigenvalue weighted by Gasteiger charge is -2.14. The van der Waals surface area contributed by atoms with Crippen LogP contribution in [-0.2, 0) is 6.42 Å². The Kier molecular flexibility index (Phi) is 4.32. The second-order valence-electron chi connectivity index (χ2n) is 3.52. The molecule has 0 aromatic heterocycles. The highest BCUT2D eigenvalue weighted by Crippen LogP contribution is 2.23. The molecule has 1 nitrogen and oxygen atoms in total. The highest BCUT2D eigenvalue weighted by atomic mass is 79.9. The SMILES string of the molecule is NC(Cc1ccc(Br)cc1F)CC(F)(F)F. The number of hydrogen-bond acceptors (Lipinski definition) is 1. The van der Waals surface area contributed by atoms with Gasteiger partial charge in [-0.25, -0.2) is 4.39 Å². The third-order valence-corrected chi connectivity index (χ3v) is 2.48. The van der Waals surface area contributed by atoms with Crippen LogP contribution in [0.4, 0.5) is 17.6 Å². The predicted octanol–water partition coefficient (Wildman–Crippen LogP) is 3.41. The number of alkyl halides is 3. The van der Waals surface area contributed by atoms with Crippen molar-refractivity contribution in [1.29, 1.82) is 0 Å². The fourth-order valence-electron chi connectivity index (χ4n) is 1.34. The van der Waals surface area contributed by atoms with Crippen LogP contribution in [0.5, 0.6) is 0 Å². The third-order valence-electron chi connectivity index (χ3n) is 1.99. The van der Waals surface area contributed by atoms with Gasteiger partial charge >= 0.3 is 6.18 Å². The minimum absolute atomic E-state index is 0.126. The van der Waals surface area contributed by atoms with E-state index in [-0.39, 0.29) is 12.0 Å². The van der Waals surface area contributed by atoms with Crippen LogP contribution in [0.3, 0.4) is 0 Å². The molecule has 0 spiro atoms. The Balaban J connectivity index is 2.66. The molecule has 1 rings (SSSR count). The summed E-state index contributed by atoms with van der Waals surface area (Å²) in [7, 11) is 0. The molecule has 1 aromatic rings. The summed E-state index contributed by atoms with van der Waals surface area (Å²) in [6.45, 7) is 0. The molecular formula is C10H10BrF4N. The second kappa shape index (κ2) is 5.14. The summed E-state index contributed by atoms with van der Waals surface area (Å²) in [5, 5.41) is 0. The standard InChI is InChI=1S/C10H10BrF4N/c11-7-2-1-6(9(12)4-7)3-8(16)5-10(13,14)15/h1-2,4,8H,3,5,16H2. The minimum Gasteiger partial charge on any atom is -0.327 e. The maximum absolute atomic E-state index is 13.3. The highest BCUT2D eigenvalue weighted by Gasteiger charge is 2.30. The first-order chi connectivity index (χ1) is 7.28. The molecule has 1 aromatic carbocycles. The molecule has 0 aliphatic carbocycles. The Morgan fingerprint density at radius 1 is 1.31 bits per heavy atom. The zero-order chi connectivity index (χ0) is 12.3. The van der Waals surface area contributed by atoms with Crippen LogP contribution in [0.2, 0.25) is 0 Å². The van der Waals surface area contributed by atoms with E-state index in [1.807, 2.05) is 0 Å². The van der Waals surface area contributed by atoms with Crippen LogP contribution in [0.15, 0.2) is 22.7 Å². The average molecular weight is 300 g/mol. The zero-order valence-corrected chi connectivity index (χ0v) is 9.78. The highest BCUT2D eigenvalue weighted by molar-refractivity contribution is 9.10. The Labute approximate surface area is 98.8 Å². The Morgan fingerprint density at radius 2 is 1.94 bits per heavy atom. The second-order valence-corrected chi connectivity index (χ2v) is 4.43. The van der Waals surface area contributed by atoms with Gasteiger partial charge in [0.2, 0.25) is 0 Å². The quantitative estimate of drug-likeness (QED) is 0.851. The van der Waals surface area contributed by atoms with Crippen LogP contribution >= 0.6 is 15.9 Å². The van der Waals surface area contributed by atoms with Crippen molar-refractivity contribution in [3.8, 4) is 0 Å². The van der Waals surface area contributed by atoms with Crippen molar-refractivity contribution >= 4 is 15.9 Å². The van der Waals surface area contributed by atoms with Crippen molar-refractivity contribution in [3.63, 3.8) is 0 Å².